The maximum atomic E-state index is 12.1. The third kappa shape index (κ3) is 7.97. The maximum Gasteiger partial charge on any atom is 0.251 e. The molecule has 0 atom stereocenters. The number of hydrogen-bond acceptors (Lipinski definition) is 3. The van der Waals surface area contributed by atoms with E-state index >= 15 is 0 Å². The number of hydrogen-bond donors (Lipinski definition) is 1. The van der Waals surface area contributed by atoms with Crippen LogP contribution < -0.4 is 5.32 Å². The minimum atomic E-state index is -0.0771. The van der Waals surface area contributed by atoms with Crippen LogP contribution >= 0.6 is 0 Å². The fourth-order valence-corrected chi connectivity index (χ4v) is 4.61. The third-order valence-corrected chi connectivity index (χ3v) is 6.58. The summed E-state index contributed by atoms with van der Waals surface area (Å²) in [7, 11) is 1.65. The van der Waals surface area contributed by atoms with Gasteiger partial charge < -0.3 is 15.1 Å². The van der Waals surface area contributed by atoms with Crippen LogP contribution in [0.4, 0.5) is 0 Å². The van der Waals surface area contributed by atoms with E-state index in [4.69, 9.17) is 0 Å². The van der Waals surface area contributed by atoms with E-state index in [-0.39, 0.29) is 11.8 Å². The fraction of sp³-hybridized carbons (Fsp3) is 0.484. The lowest BCUT2D eigenvalue weighted by molar-refractivity contribution is -0.130. The lowest BCUT2D eigenvalue weighted by atomic mass is 9.88. The molecule has 1 aromatic carbocycles. The van der Waals surface area contributed by atoms with Gasteiger partial charge in [-0.2, -0.15) is 0 Å². The molecule has 0 spiro atoms. The minimum absolute atomic E-state index is 0.0771. The van der Waals surface area contributed by atoms with E-state index in [1.807, 2.05) is 50.8 Å². The number of amides is 2. The molecule has 0 unspecified atom stereocenters. The molecule has 2 aliphatic rings. The van der Waals surface area contributed by atoms with E-state index in [9.17, 15) is 9.59 Å². The van der Waals surface area contributed by atoms with Crippen molar-refractivity contribution in [2.75, 3.05) is 20.1 Å². The number of rotatable bonds is 5. The van der Waals surface area contributed by atoms with Crippen LogP contribution in [0.2, 0.25) is 0 Å². The zero-order valence-corrected chi connectivity index (χ0v) is 24.0. The van der Waals surface area contributed by atoms with E-state index < -0.39 is 0 Å². The summed E-state index contributed by atoms with van der Waals surface area (Å²) in [5.74, 6) is 0.594. The highest BCUT2D eigenvalue weighted by Crippen LogP contribution is 2.35. The van der Waals surface area contributed by atoms with Crippen molar-refractivity contribution in [3.8, 4) is 0 Å². The number of aryl methyl sites for hydroxylation is 1. The lowest BCUT2D eigenvalue weighted by Gasteiger charge is -2.35. The third-order valence-electron chi connectivity index (χ3n) is 6.58. The van der Waals surface area contributed by atoms with Gasteiger partial charge in [-0.05, 0) is 92.5 Å². The van der Waals surface area contributed by atoms with Crippen molar-refractivity contribution in [1.82, 2.24) is 15.1 Å². The molecule has 2 aliphatic heterocycles. The van der Waals surface area contributed by atoms with Crippen LogP contribution in [-0.2, 0) is 4.79 Å². The number of nitrogens with zero attached hydrogens (tertiary/aromatic N) is 2. The zero-order valence-electron chi connectivity index (χ0n) is 24.0. The second-order valence-corrected chi connectivity index (χ2v) is 8.90. The van der Waals surface area contributed by atoms with E-state index in [1.165, 1.54) is 16.8 Å². The van der Waals surface area contributed by atoms with Gasteiger partial charge in [0.2, 0.25) is 5.91 Å². The van der Waals surface area contributed by atoms with Crippen LogP contribution in [0.25, 0.3) is 5.57 Å². The quantitative estimate of drug-likeness (QED) is 0.477. The normalized spacial score (nSPS) is 16.1. The molecule has 0 aliphatic carbocycles. The summed E-state index contributed by atoms with van der Waals surface area (Å²) in [4.78, 5) is 27.9. The molecule has 198 valence electrons. The number of piperidine rings is 1. The number of nitrogens with one attached hydrogen (secondary N) is 1. The predicted octanol–water partition coefficient (Wildman–Crippen LogP) is 7.08. The average Bonchev–Trinajstić information content (AvgIpc) is 2.89. The predicted molar refractivity (Wildman–Crippen MR) is 153 cm³/mol. The number of carbonyl (C=O) groups is 2. The van der Waals surface area contributed by atoms with Gasteiger partial charge in [-0.15, -0.1) is 0 Å². The molecule has 0 saturated carbocycles. The van der Waals surface area contributed by atoms with Gasteiger partial charge in [0.1, 0.15) is 0 Å². The average molecular weight is 494 g/mol. The first-order chi connectivity index (χ1) is 17.2. The van der Waals surface area contributed by atoms with Crippen molar-refractivity contribution in [1.29, 1.82) is 0 Å². The molecular weight excluding hydrogens is 446 g/mol. The van der Waals surface area contributed by atoms with Crippen molar-refractivity contribution >= 4 is 17.4 Å². The van der Waals surface area contributed by atoms with Crippen molar-refractivity contribution in [2.45, 2.75) is 74.7 Å². The topological polar surface area (TPSA) is 52.7 Å². The Morgan fingerprint density at radius 2 is 1.67 bits per heavy atom. The first kappa shape index (κ1) is 31.0. The van der Waals surface area contributed by atoms with Gasteiger partial charge in [-0.1, -0.05) is 40.3 Å². The smallest absolute Gasteiger partial charge is 0.251 e. The van der Waals surface area contributed by atoms with Gasteiger partial charge >= 0.3 is 0 Å². The zero-order chi connectivity index (χ0) is 27.4. The Labute approximate surface area is 219 Å². The van der Waals surface area contributed by atoms with Crippen LogP contribution in [0.5, 0.6) is 0 Å². The van der Waals surface area contributed by atoms with Gasteiger partial charge in [-0.3, -0.25) is 9.59 Å². The van der Waals surface area contributed by atoms with E-state index in [0.717, 1.165) is 49.2 Å². The van der Waals surface area contributed by atoms with Crippen LogP contribution in [0.3, 0.4) is 0 Å². The van der Waals surface area contributed by atoms with Crippen molar-refractivity contribution in [2.24, 2.45) is 5.92 Å². The summed E-state index contributed by atoms with van der Waals surface area (Å²) in [6, 6.07) is 5.88. The van der Waals surface area contributed by atoms with Crippen LogP contribution in [0.15, 0.2) is 60.1 Å². The maximum absolute atomic E-state index is 12.1. The largest absolute Gasteiger partial charge is 0.355 e. The standard InChI is InChI=1S/C27H35N3O2.2C2H6/c1-18-9-14-30(20(3)15-18)26(17-23-10-12-29(13-11-23)22(5)31)21(4)25-8-7-24(16-19(25)2)27(32)28-6;2*1-2/h7-9,14-16,23H,3,10-13,17H2,1-2,4-6H3,(H,28,32);2*1-2H3/b26-21+;;. The van der Waals surface area contributed by atoms with Gasteiger partial charge in [0, 0.05) is 50.2 Å². The number of likely N-dealkylation sites (tertiary alicyclic amines) is 1. The molecule has 1 aromatic rings. The molecular formula is C31H47N3O2. The Kier molecular flexibility index (Phi) is 13.0. The summed E-state index contributed by atoms with van der Waals surface area (Å²) in [5, 5.41) is 2.69. The molecule has 5 heteroatoms. The Balaban J connectivity index is 0.00000154. The monoisotopic (exact) mass is 493 g/mol. The highest BCUT2D eigenvalue weighted by Gasteiger charge is 2.25. The summed E-state index contributed by atoms with van der Waals surface area (Å²) >= 11 is 0. The van der Waals surface area contributed by atoms with Crippen molar-refractivity contribution in [3.63, 3.8) is 0 Å². The SMILES string of the molecule is C=C1C=C(C)C=CN1/C(CC1CCN(C(C)=O)CC1)=C(\C)c1ccc(C(=O)NC)cc1C.CC.CC. The van der Waals surface area contributed by atoms with Gasteiger partial charge in [0.25, 0.3) is 5.91 Å². The molecule has 2 amide bonds. The van der Waals surface area contributed by atoms with E-state index in [1.54, 1.807) is 14.0 Å². The van der Waals surface area contributed by atoms with Crippen LogP contribution in [0, 0.1) is 12.8 Å². The van der Waals surface area contributed by atoms with Crippen LogP contribution in [0.1, 0.15) is 89.2 Å². The molecule has 1 fully saturated rings. The fourth-order valence-electron chi connectivity index (χ4n) is 4.61. The summed E-state index contributed by atoms with van der Waals surface area (Å²) in [6.45, 7) is 21.9. The minimum Gasteiger partial charge on any atom is -0.355 e. The van der Waals surface area contributed by atoms with Gasteiger partial charge in [0.15, 0.2) is 0 Å². The van der Waals surface area contributed by atoms with E-state index in [0.29, 0.717) is 11.5 Å². The molecule has 1 saturated heterocycles. The number of allylic oxidation sites excluding steroid dienone is 5. The number of carbonyl (C=O) groups excluding carboxylic acids is 2. The molecule has 1 N–H and O–H groups in total. The first-order valence-electron chi connectivity index (χ1n) is 13.3. The molecule has 0 bridgehead atoms. The Morgan fingerprint density at radius 3 is 2.17 bits per heavy atom. The molecule has 36 heavy (non-hydrogen) atoms. The lowest BCUT2D eigenvalue weighted by Crippen LogP contribution is -2.37. The molecule has 3 rings (SSSR count). The second-order valence-electron chi connectivity index (χ2n) is 8.90. The summed E-state index contributed by atoms with van der Waals surface area (Å²) in [5.41, 5.74) is 7.45. The molecule has 2 heterocycles. The molecule has 0 radical (unpaired) electrons. The summed E-state index contributed by atoms with van der Waals surface area (Å²) in [6.07, 6.45) is 9.25. The van der Waals surface area contributed by atoms with E-state index in [2.05, 4.69) is 55.9 Å². The Morgan fingerprint density at radius 1 is 1.06 bits per heavy atom. The van der Waals surface area contributed by atoms with Crippen molar-refractivity contribution < 1.29 is 9.59 Å². The Bertz CT molecular complexity index is 1010. The van der Waals surface area contributed by atoms with Gasteiger partial charge in [-0.25, -0.2) is 0 Å². The highest BCUT2D eigenvalue weighted by molar-refractivity contribution is 5.94. The molecule has 5 nitrogen and oxygen atoms in total. The van der Waals surface area contributed by atoms with Gasteiger partial charge in [0.05, 0.1) is 0 Å². The summed E-state index contributed by atoms with van der Waals surface area (Å²) < 4.78 is 0. The highest BCUT2D eigenvalue weighted by atomic mass is 16.2. The Hall–Kier alpha value is -3.08. The first-order valence-corrected chi connectivity index (χ1v) is 13.3. The molecule has 0 aromatic heterocycles. The van der Waals surface area contributed by atoms with Crippen LogP contribution in [-0.4, -0.2) is 41.8 Å². The second kappa shape index (κ2) is 15.1. The van der Waals surface area contributed by atoms with Crippen molar-refractivity contribution in [3.05, 3.63) is 76.8 Å². The number of benzene rings is 1.